The summed E-state index contributed by atoms with van der Waals surface area (Å²) in [4.78, 5) is 14.7. The first-order valence-corrected chi connectivity index (χ1v) is 5.89. The van der Waals surface area contributed by atoms with Gasteiger partial charge in [-0.3, -0.25) is 4.79 Å². The van der Waals surface area contributed by atoms with Crippen molar-refractivity contribution in [3.8, 4) is 0 Å². The number of carbonyl (C=O) groups is 1. The number of carboxylic acid groups (broad SMARTS) is 1. The van der Waals surface area contributed by atoms with Crippen LogP contribution in [0.3, 0.4) is 0 Å². The minimum absolute atomic E-state index is 0.245. The Morgan fingerprint density at radius 1 is 1.69 bits per heavy atom. The van der Waals surface area contributed by atoms with E-state index < -0.39 is 5.97 Å². The first-order valence-electron chi connectivity index (χ1n) is 5.51. The number of fused-ring (bicyclic) bond motifs is 1. The second-order valence-corrected chi connectivity index (χ2v) is 4.70. The first kappa shape index (κ1) is 11.5. The molecule has 1 aliphatic heterocycles. The van der Waals surface area contributed by atoms with E-state index in [2.05, 4.69) is 9.55 Å². The SMILES string of the molecule is Cc1nc(Cl)c2n1CCC(CCC(=O)O)C2. The highest BCUT2D eigenvalue weighted by Crippen LogP contribution is 2.29. The van der Waals surface area contributed by atoms with Crippen molar-refractivity contribution in [2.24, 2.45) is 5.92 Å². The van der Waals surface area contributed by atoms with Gasteiger partial charge >= 0.3 is 5.97 Å². The van der Waals surface area contributed by atoms with Crippen molar-refractivity contribution in [3.63, 3.8) is 0 Å². The molecule has 0 spiro atoms. The summed E-state index contributed by atoms with van der Waals surface area (Å²) >= 11 is 6.04. The topological polar surface area (TPSA) is 55.1 Å². The molecule has 0 aromatic carbocycles. The number of aromatic nitrogens is 2. The van der Waals surface area contributed by atoms with Gasteiger partial charge in [-0.15, -0.1) is 0 Å². The summed E-state index contributed by atoms with van der Waals surface area (Å²) in [7, 11) is 0. The zero-order chi connectivity index (χ0) is 11.7. The minimum atomic E-state index is -0.721. The quantitative estimate of drug-likeness (QED) is 0.885. The average molecular weight is 243 g/mol. The minimum Gasteiger partial charge on any atom is -0.481 e. The molecule has 1 aromatic rings. The van der Waals surface area contributed by atoms with E-state index in [1.165, 1.54) is 0 Å². The van der Waals surface area contributed by atoms with E-state index in [4.69, 9.17) is 16.7 Å². The Balaban J connectivity index is 2.05. The lowest BCUT2D eigenvalue weighted by Crippen LogP contribution is -2.20. The normalized spacial score (nSPS) is 19.5. The summed E-state index contributed by atoms with van der Waals surface area (Å²) in [6.07, 6.45) is 2.85. The van der Waals surface area contributed by atoms with E-state index in [9.17, 15) is 4.79 Å². The Labute approximate surface area is 99.2 Å². The molecule has 2 heterocycles. The highest BCUT2D eigenvalue weighted by atomic mass is 35.5. The Bertz CT molecular complexity index is 414. The average Bonchev–Trinajstić information content (AvgIpc) is 2.52. The van der Waals surface area contributed by atoms with Crippen LogP contribution < -0.4 is 0 Å². The van der Waals surface area contributed by atoms with Gasteiger partial charge in [0.05, 0.1) is 5.69 Å². The lowest BCUT2D eigenvalue weighted by atomic mass is 9.92. The van der Waals surface area contributed by atoms with Crippen LogP contribution in [-0.2, 0) is 17.8 Å². The molecule has 0 aliphatic carbocycles. The van der Waals surface area contributed by atoms with Gasteiger partial charge < -0.3 is 9.67 Å². The van der Waals surface area contributed by atoms with Crippen molar-refractivity contribution in [1.82, 2.24) is 9.55 Å². The van der Waals surface area contributed by atoms with E-state index in [0.717, 1.165) is 37.3 Å². The van der Waals surface area contributed by atoms with Gasteiger partial charge in [-0.25, -0.2) is 4.98 Å². The number of nitrogens with zero attached hydrogens (tertiary/aromatic N) is 2. The number of aryl methyl sites for hydroxylation is 1. The number of hydrogen-bond acceptors (Lipinski definition) is 2. The van der Waals surface area contributed by atoms with Crippen LogP contribution >= 0.6 is 11.6 Å². The Morgan fingerprint density at radius 2 is 2.44 bits per heavy atom. The molecule has 1 N–H and O–H groups in total. The standard InChI is InChI=1S/C11H15ClN2O2/c1-7-13-11(12)9-6-8(2-3-10(15)16)4-5-14(7)9/h8H,2-6H2,1H3,(H,15,16). The number of rotatable bonds is 3. The monoisotopic (exact) mass is 242 g/mol. The number of carboxylic acids is 1. The zero-order valence-electron chi connectivity index (χ0n) is 9.24. The summed E-state index contributed by atoms with van der Waals surface area (Å²) in [6, 6.07) is 0. The first-order chi connectivity index (χ1) is 7.58. The molecule has 1 aromatic heterocycles. The molecule has 0 bridgehead atoms. The maximum absolute atomic E-state index is 10.5. The number of imidazole rings is 1. The van der Waals surface area contributed by atoms with Crippen molar-refractivity contribution in [2.75, 3.05) is 0 Å². The van der Waals surface area contributed by atoms with Crippen LogP contribution in [0.1, 0.15) is 30.8 Å². The molecule has 0 radical (unpaired) electrons. The fraction of sp³-hybridized carbons (Fsp3) is 0.636. The van der Waals surface area contributed by atoms with Crippen molar-refractivity contribution in [1.29, 1.82) is 0 Å². The van der Waals surface area contributed by atoms with Gasteiger partial charge in [-0.05, 0) is 32.1 Å². The second kappa shape index (κ2) is 4.45. The van der Waals surface area contributed by atoms with Gasteiger partial charge in [0, 0.05) is 13.0 Å². The molecule has 0 saturated heterocycles. The zero-order valence-corrected chi connectivity index (χ0v) is 10.00. The summed E-state index contributed by atoms with van der Waals surface area (Å²) in [6.45, 7) is 2.86. The molecule has 16 heavy (non-hydrogen) atoms. The summed E-state index contributed by atoms with van der Waals surface area (Å²) in [5.74, 6) is 0.662. The second-order valence-electron chi connectivity index (χ2n) is 4.34. The molecule has 0 saturated carbocycles. The van der Waals surface area contributed by atoms with Crippen LogP contribution in [0.4, 0.5) is 0 Å². The van der Waals surface area contributed by atoms with E-state index in [1.807, 2.05) is 6.92 Å². The van der Waals surface area contributed by atoms with Crippen LogP contribution in [0.5, 0.6) is 0 Å². The van der Waals surface area contributed by atoms with Crippen LogP contribution in [0.25, 0.3) is 0 Å². The van der Waals surface area contributed by atoms with Gasteiger partial charge in [0.2, 0.25) is 0 Å². The van der Waals surface area contributed by atoms with Gasteiger partial charge in [-0.2, -0.15) is 0 Å². The molecule has 5 heteroatoms. The van der Waals surface area contributed by atoms with Crippen molar-refractivity contribution >= 4 is 17.6 Å². The molecule has 88 valence electrons. The van der Waals surface area contributed by atoms with Gasteiger partial charge in [0.1, 0.15) is 5.82 Å². The predicted molar refractivity (Wildman–Crippen MR) is 60.7 cm³/mol. The fourth-order valence-electron chi connectivity index (χ4n) is 2.33. The van der Waals surface area contributed by atoms with E-state index in [1.54, 1.807) is 0 Å². The summed E-state index contributed by atoms with van der Waals surface area (Å²) in [5.41, 5.74) is 1.07. The van der Waals surface area contributed by atoms with Crippen LogP contribution in [-0.4, -0.2) is 20.6 Å². The number of aliphatic carboxylic acids is 1. The highest BCUT2D eigenvalue weighted by molar-refractivity contribution is 6.30. The molecule has 0 fully saturated rings. The van der Waals surface area contributed by atoms with Gasteiger partial charge in [0.25, 0.3) is 0 Å². The Morgan fingerprint density at radius 3 is 3.12 bits per heavy atom. The highest BCUT2D eigenvalue weighted by Gasteiger charge is 2.23. The number of hydrogen-bond donors (Lipinski definition) is 1. The van der Waals surface area contributed by atoms with Gasteiger partial charge in [-0.1, -0.05) is 11.6 Å². The molecule has 0 amide bonds. The third-order valence-electron chi connectivity index (χ3n) is 3.22. The van der Waals surface area contributed by atoms with E-state index in [-0.39, 0.29) is 6.42 Å². The largest absolute Gasteiger partial charge is 0.481 e. The number of halogens is 1. The van der Waals surface area contributed by atoms with E-state index in [0.29, 0.717) is 11.1 Å². The molecule has 4 nitrogen and oxygen atoms in total. The lowest BCUT2D eigenvalue weighted by Gasteiger charge is -2.24. The molecule has 2 rings (SSSR count). The molecule has 1 atom stereocenters. The van der Waals surface area contributed by atoms with Crippen molar-refractivity contribution < 1.29 is 9.90 Å². The smallest absolute Gasteiger partial charge is 0.303 e. The molecular formula is C11H15ClN2O2. The van der Waals surface area contributed by atoms with Crippen LogP contribution in [0.2, 0.25) is 5.15 Å². The third kappa shape index (κ3) is 2.21. The predicted octanol–water partition coefficient (Wildman–Crippen LogP) is 2.27. The van der Waals surface area contributed by atoms with Gasteiger partial charge in [0.15, 0.2) is 5.15 Å². The van der Waals surface area contributed by atoms with E-state index >= 15 is 0 Å². The maximum atomic E-state index is 10.5. The Kier molecular flexibility index (Phi) is 3.19. The lowest BCUT2D eigenvalue weighted by molar-refractivity contribution is -0.137. The summed E-state index contributed by atoms with van der Waals surface area (Å²) in [5, 5.41) is 9.24. The van der Waals surface area contributed by atoms with Crippen LogP contribution in [0.15, 0.2) is 0 Å². The fourth-order valence-corrected chi connectivity index (χ4v) is 2.63. The van der Waals surface area contributed by atoms with Crippen molar-refractivity contribution in [3.05, 3.63) is 16.7 Å². The Hall–Kier alpha value is -1.03. The molecule has 1 unspecified atom stereocenters. The molecule has 1 aliphatic rings. The third-order valence-corrected chi connectivity index (χ3v) is 3.53. The molecular weight excluding hydrogens is 228 g/mol. The summed E-state index contributed by atoms with van der Waals surface area (Å²) < 4.78 is 2.14. The van der Waals surface area contributed by atoms with Crippen LogP contribution in [0, 0.1) is 12.8 Å². The maximum Gasteiger partial charge on any atom is 0.303 e. The van der Waals surface area contributed by atoms with Crippen molar-refractivity contribution in [2.45, 2.75) is 39.2 Å².